The minimum absolute atomic E-state index is 0. The first kappa shape index (κ1) is 57.7. The highest BCUT2D eigenvalue weighted by molar-refractivity contribution is 4.90. The first-order chi connectivity index (χ1) is 28.1. The van der Waals surface area contributed by atoms with E-state index in [2.05, 4.69) is 57.2 Å². The van der Waals surface area contributed by atoms with Gasteiger partial charge in [-0.05, 0) is 96.3 Å². The standard InChI is InChI=1S/C51H98N2O2.C2H6.H2/c1-7-13-17-19-23-31-40-51(41-32-24-20-18-14-8-2)55-50(12-6)39-30-26-22-28-34-45-53(46-35-43-52)44-33-27-21-25-29-38-49(11-5)54-47-42-48(36-15-9-3)37-16-10-4;1-2;/h48,51H,5-10,13-47,52H2,1-4H3;1-2H3;1H. The van der Waals surface area contributed by atoms with E-state index in [1.165, 1.54) is 212 Å². The van der Waals surface area contributed by atoms with E-state index < -0.39 is 0 Å². The molecule has 0 fully saturated rings. The molecule has 4 heteroatoms. The molecule has 0 aliphatic carbocycles. The van der Waals surface area contributed by atoms with Crippen molar-refractivity contribution in [2.75, 3.05) is 32.8 Å². The second-order valence-electron chi connectivity index (χ2n) is 16.9. The summed E-state index contributed by atoms with van der Waals surface area (Å²) in [5, 5.41) is 0. The number of nitrogens with zero attached hydrogens (tertiary/aromatic N) is 1. The molecular formula is C53H106N2O2. The number of hydrogen-bond acceptors (Lipinski definition) is 4. The van der Waals surface area contributed by atoms with Crippen LogP contribution in [-0.2, 0) is 9.47 Å². The van der Waals surface area contributed by atoms with Gasteiger partial charge in [0.15, 0.2) is 0 Å². The van der Waals surface area contributed by atoms with E-state index in [4.69, 9.17) is 15.2 Å². The fraction of sp³-hybridized carbons (Fsp3) is 0.887. The molecular weight excluding hydrogens is 697 g/mol. The maximum absolute atomic E-state index is 6.59. The van der Waals surface area contributed by atoms with Crippen LogP contribution in [0.25, 0.3) is 0 Å². The Morgan fingerprint density at radius 1 is 0.491 bits per heavy atom. The van der Waals surface area contributed by atoms with Crippen molar-refractivity contribution >= 4 is 0 Å². The zero-order valence-electron chi connectivity index (χ0n) is 40.0. The van der Waals surface area contributed by atoms with Crippen LogP contribution in [0.3, 0.4) is 0 Å². The molecule has 0 heterocycles. The minimum atomic E-state index is 0. The molecule has 0 radical (unpaired) electrons. The molecule has 0 spiro atoms. The SMILES string of the molecule is C=C=C(CCCCCCCN(CCCN)CCCCCCCC(=C=C)OC(CCCCCCCC)CCCCCCCC)OCCC(CCCC)CCCC.CC.[HH]. The van der Waals surface area contributed by atoms with E-state index in [1.54, 1.807) is 0 Å². The Balaban J connectivity index is -0.00000991. The average molecular weight is 803 g/mol. The summed E-state index contributed by atoms with van der Waals surface area (Å²) >= 11 is 0. The van der Waals surface area contributed by atoms with Crippen molar-refractivity contribution in [2.45, 2.75) is 266 Å². The summed E-state index contributed by atoms with van der Waals surface area (Å²) in [7, 11) is 0. The molecule has 2 N–H and O–H groups in total. The third-order valence-corrected chi connectivity index (χ3v) is 11.6. The smallest absolute Gasteiger partial charge is 0.138 e. The van der Waals surface area contributed by atoms with E-state index in [9.17, 15) is 0 Å². The molecule has 0 atom stereocenters. The van der Waals surface area contributed by atoms with Gasteiger partial charge in [0.05, 0.1) is 12.7 Å². The Bertz CT molecular complexity index is 873. The fourth-order valence-corrected chi connectivity index (χ4v) is 7.89. The molecule has 0 aliphatic rings. The molecule has 57 heavy (non-hydrogen) atoms. The lowest BCUT2D eigenvalue weighted by Crippen LogP contribution is -2.28. The molecule has 0 saturated carbocycles. The second-order valence-corrected chi connectivity index (χ2v) is 16.9. The van der Waals surface area contributed by atoms with Crippen LogP contribution in [0.4, 0.5) is 0 Å². The van der Waals surface area contributed by atoms with Crippen LogP contribution in [0.15, 0.2) is 36.1 Å². The van der Waals surface area contributed by atoms with Crippen molar-refractivity contribution in [1.29, 1.82) is 0 Å². The molecule has 0 amide bonds. The van der Waals surface area contributed by atoms with Crippen LogP contribution >= 0.6 is 0 Å². The lowest BCUT2D eigenvalue weighted by atomic mass is 9.93. The Kier molecular flexibility index (Phi) is 49.5. The van der Waals surface area contributed by atoms with E-state index in [-0.39, 0.29) is 1.43 Å². The first-order valence-electron chi connectivity index (χ1n) is 25.6. The van der Waals surface area contributed by atoms with Gasteiger partial charge < -0.3 is 20.1 Å². The Hall–Kier alpha value is -1.44. The van der Waals surface area contributed by atoms with Crippen molar-refractivity contribution in [2.24, 2.45) is 11.7 Å². The molecule has 0 bridgehead atoms. The molecule has 0 aliphatic heterocycles. The van der Waals surface area contributed by atoms with Crippen molar-refractivity contribution in [3.05, 3.63) is 36.1 Å². The maximum atomic E-state index is 6.59. The van der Waals surface area contributed by atoms with E-state index >= 15 is 0 Å². The van der Waals surface area contributed by atoms with E-state index in [1.807, 2.05) is 13.8 Å². The largest absolute Gasteiger partial charge is 0.490 e. The highest BCUT2D eigenvalue weighted by atomic mass is 16.5. The topological polar surface area (TPSA) is 47.7 Å². The molecule has 4 nitrogen and oxygen atoms in total. The predicted octanol–water partition coefficient (Wildman–Crippen LogP) is 17.2. The summed E-state index contributed by atoms with van der Waals surface area (Å²) in [6.45, 7) is 26.3. The molecule has 0 rings (SSSR count). The van der Waals surface area contributed by atoms with Crippen molar-refractivity contribution in [3.8, 4) is 0 Å². The minimum Gasteiger partial charge on any atom is -0.490 e. The highest BCUT2D eigenvalue weighted by Gasteiger charge is 2.13. The van der Waals surface area contributed by atoms with Crippen LogP contribution in [-0.4, -0.2) is 43.8 Å². The lowest BCUT2D eigenvalue weighted by Gasteiger charge is -2.22. The monoisotopic (exact) mass is 803 g/mol. The van der Waals surface area contributed by atoms with Gasteiger partial charge in [0.2, 0.25) is 0 Å². The quantitative estimate of drug-likeness (QED) is 0.0378. The average Bonchev–Trinajstić information content (AvgIpc) is 3.24. The van der Waals surface area contributed by atoms with Crippen LogP contribution in [0.1, 0.15) is 261 Å². The molecule has 340 valence electrons. The van der Waals surface area contributed by atoms with Gasteiger partial charge in [0.1, 0.15) is 11.5 Å². The van der Waals surface area contributed by atoms with Crippen molar-refractivity contribution < 1.29 is 10.9 Å². The van der Waals surface area contributed by atoms with Crippen LogP contribution in [0.2, 0.25) is 0 Å². The van der Waals surface area contributed by atoms with Crippen LogP contribution in [0.5, 0.6) is 0 Å². The number of nitrogens with two attached hydrogens (primary N) is 1. The summed E-state index contributed by atoms with van der Waals surface area (Å²) < 4.78 is 12.7. The third-order valence-electron chi connectivity index (χ3n) is 11.6. The number of hydrogen-bond donors (Lipinski definition) is 1. The van der Waals surface area contributed by atoms with Gasteiger partial charge in [-0.3, -0.25) is 0 Å². The van der Waals surface area contributed by atoms with Gasteiger partial charge in [-0.15, -0.1) is 0 Å². The van der Waals surface area contributed by atoms with Gasteiger partial charge in [-0.1, -0.05) is 207 Å². The van der Waals surface area contributed by atoms with E-state index in [0.29, 0.717) is 6.10 Å². The molecule has 0 aromatic rings. The molecule has 0 saturated heterocycles. The Labute approximate surface area is 361 Å². The van der Waals surface area contributed by atoms with Gasteiger partial charge in [0.25, 0.3) is 0 Å². The maximum Gasteiger partial charge on any atom is 0.138 e. The zero-order chi connectivity index (χ0) is 42.3. The van der Waals surface area contributed by atoms with Crippen molar-refractivity contribution in [1.82, 2.24) is 4.90 Å². The number of allylic oxidation sites excluding steroid dienone is 2. The summed E-state index contributed by atoms with van der Waals surface area (Å²) in [5.41, 5.74) is 12.2. The predicted molar refractivity (Wildman–Crippen MR) is 258 cm³/mol. The summed E-state index contributed by atoms with van der Waals surface area (Å²) in [5.74, 6) is 2.81. The summed E-state index contributed by atoms with van der Waals surface area (Å²) in [4.78, 5) is 2.67. The molecule has 0 aromatic heterocycles. The highest BCUT2D eigenvalue weighted by Crippen LogP contribution is 2.23. The first-order valence-corrected chi connectivity index (χ1v) is 25.6. The third kappa shape index (κ3) is 41.1. The molecule has 0 unspecified atom stereocenters. The lowest BCUT2D eigenvalue weighted by molar-refractivity contribution is 0.0890. The zero-order valence-corrected chi connectivity index (χ0v) is 40.0. The van der Waals surface area contributed by atoms with Crippen molar-refractivity contribution in [3.63, 3.8) is 0 Å². The van der Waals surface area contributed by atoms with E-state index in [0.717, 1.165) is 56.4 Å². The second kappa shape index (κ2) is 48.9. The van der Waals surface area contributed by atoms with Gasteiger partial charge >= 0.3 is 0 Å². The van der Waals surface area contributed by atoms with Crippen LogP contribution < -0.4 is 5.73 Å². The van der Waals surface area contributed by atoms with Crippen LogP contribution in [0, 0.1) is 5.92 Å². The number of unbranched alkanes of at least 4 members (excludes halogenated alkanes) is 20. The Morgan fingerprint density at radius 3 is 1.35 bits per heavy atom. The van der Waals surface area contributed by atoms with Gasteiger partial charge in [-0.2, -0.15) is 0 Å². The summed E-state index contributed by atoms with van der Waals surface area (Å²) in [6.07, 6.45) is 43.8. The summed E-state index contributed by atoms with van der Waals surface area (Å²) in [6, 6.07) is 0. The normalized spacial score (nSPS) is 11.1. The Morgan fingerprint density at radius 2 is 0.895 bits per heavy atom. The fourth-order valence-electron chi connectivity index (χ4n) is 7.89. The van der Waals surface area contributed by atoms with Gasteiger partial charge in [-0.25, -0.2) is 0 Å². The number of rotatable bonds is 45. The molecule has 0 aromatic carbocycles. The van der Waals surface area contributed by atoms with Gasteiger partial charge in [0, 0.05) is 14.3 Å². The number of ether oxygens (including phenoxy) is 2.